The number of rotatable bonds is 1. The van der Waals surface area contributed by atoms with Gasteiger partial charge in [0, 0.05) is 11.6 Å². The first kappa shape index (κ1) is 9.04. The number of aryl methyl sites for hydroxylation is 1. The molecule has 0 fully saturated rings. The standard InChI is InChI=1S/C11H12N2O/c1-14-10-5-7(6-12)4-8-2-3-9(13)11(8)10/h4-5,9H,2-3,13H2,1H3/t9-/m1/s1. The molecule has 1 aliphatic rings. The Kier molecular flexibility index (Phi) is 2.14. The van der Waals surface area contributed by atoms with E-state index < -0.39 is 0 Å². The fourth-order valence-corrected chi connectivity index (χ4v) is 2.00. The largest absolute Gasteiger partial charge is 0.496 e. The van der Waals surface area contributed by atoms with Gasteiger partial charge in [-0.15, -0.1) is 0 Å². The molecule has 0 spiro atoms. The predicted octanol–water partition coefficient (Wildman–Crippen LogP) is 1.51. The number of benzene rings is 1. The van der Waals surface area contributed by atoms with Crippen molar-refractivity contribution in [3.8, 4) is 11.8 Å². The Bertz CT molecular complexity index is 406. The first-order chi connectivity index (χ1) is 6.76. The van der Waals surface area contributed by atoms with Gasteiger partial charge in [0.15, 0.2) is 0 Å². The van der Waals surface area contributed by atoms with Crippen LogP contribution >= 0.6 is 0 Å². The first-order valence-corrected chi connectivity index (χ1v) is 4.62. The molecule has 0 unspecified atom stereocenters. The third kappa shape index (κ3) is 1.24. The molecule has 1 aromatic carbocycles. The molecule has 0 heterocycles. The van der Waals surface area contributed by atoms with Crippen LogP contribution in [0.1, 0.15) is 29.2 Å². The number of nitrogens with zero attached hydrogens (tertiary/aromatic N) is 1. The van der Waals surface area contributed by atoms with Crippen molar-refractivity contribution in [2.24, 2.45) is 5.73 Å². The number of ether oxygens (including phenoxy) is 1. The van der Waals surface area contributed by atoms with E-state index >= 15 is 0 Å². The molecule has 3 nitrogen and oxygen atoms in total. The minimum atomic E-state index is 0.0627. The molecule has 0 bridgehead atoms. The maximum absolute atomic E-state index is 8.82. The fraction of sp³-hybridized carbons (Fsp3) is 0.364. The van der Waals surface area contributed by atoms with Crippen LogP contribution in [0.3, 0.4) is 0 Å². The van der Waals surface area contributed by atoms with Gasteiger partial charge in [0.05, 0.1) is 18.7 Å². The molecule has 0 radical (unpaired) electrons. The summed E-state index contributed by atoms with van der Waals surface area (Å²) in [6, 6.07) is 5.85. The van der Waals surface area contributed by atoms with E-state index in [1.165, 1.54) is 0 Å². The smallest absolute Gasteiger partial charge is 0.125 e. The summed E-state index contributed by atoms with van der Waals surface area (Å²) in [6.07, 6.45) is 1.89. The average Bonchev–Trinajstić information content (AvgIpc) is 2.59. The lowest BCUT2D eigenvalue weighted by Crippen LogP contribution is -2.07. The molecule has 0 aliphatic heterocycles. The number of hydrogen-bond acceptors (Lipinski definition) is 3. The number of fused-ring (bicyclic) bond motifs is 1. The van der Waals surface area contributed by atoms with Crippen molar-refractivity contribution in [2.75, 3.05) is 7.11 Å². The minimum absolute atomic E-state index is 0.0627. The molecule has 14 heavy (non-hydrogen) atoms. The monoisotopic (exact) mass is 188 g/mol. The topological polar surface area (TPSA) is 59.0 Å². The van der Waals surface area contributed by atoms with Gasteiger partial charge in [0.1, 0.15) is 5.75 Å². The lowest BCUT2D eigenvalue weighted by Gasteiger charge is -2.11. The summed E-state index contributed by atoms with van der Waals surface area (Å²) in [7, 11) is 1.61. The van der Waals surface area contributed by atoms with Gasteiger partial charge in [0.25, 0.3) is 0 Å². The van der Waals surface area contributed by atoms with Crippen LogP contribution in [0.15, 0.2) is 12.1 Å². The molecule has 0 saturated carbocycles. The van der Waals surface area contributed by atoms with Crippen molar-refractivity contribution in [1.82, 2.24) is 0 Å². The highest BCUT2D eigenvalue weighted by Gasteiger charge is 2.23. The predicted molar refractivity (Wildman–Crippen MR) is 53.0 cm³/mol. The van der Waals surface area contributed by atoms with E-state index in [4.69, 9.17) is 15.7 Å². The number of nitriles is 1. The van der Waals surface area contributed by atoms with Crippen LogP contribution < -0.4 is 10.5 Å². The van der Waals surface area contributed by atoms with E-state index in [9.17, 15) is 0 Å². The summed E-state index contributed by atoms with van der Waals surface area (Å²) in [6.45, 7) is 0. The number of hydrogen-bond donors (Lipinski definition) is 1. The van der Waals surface area contributed by atoms with Gasteiger partial charge in [-0.25, -0.2) is 0 Å². The molecule has 2 rings (SSSR count). The first-order valence-electron chi connectivity index (χ1n) is 4.62. The molecule has 1 aliphatic carbocycles. The molecule has 1 atom stereocenters. The Morgan fingerprint density at radius 3 is 3.00 bits per heavy atom. The average molecular weight is 188 g/mol. The Morgan fingerprint density at radius 1 is 1.57 bits per heavy atom. The van der Waals surface area contributed by atoms with Crippen molar-refractivity contribution < 1.29 is 4.74 Å². The molecule has 3 heteroatoms. The highest BCUT2D eigenvalue weighted by Crippen LogP contribution is 2.37. The van der Waals surface area contributed by atoms with Crippen LogP contribution in [-0.2, 0) is 6.42 Å². The minimum Gasteiger partial charge on any atom is -0.496 e. The molecular formula is C11H12N2O. The Labute approximate surface area is 83.1 Å². The van der Waals surface area contributed by atoms with Crippen molar-refractivity contribution in [1.29, 1.82) is 5.26 Å². The third-order valence-corrected chi connectivity index (χ3v) is 2.67. The SMILES string of the molecule is COc1cc(C#N)cc2c1[C@H](N)CC2. The zero-order valence-electron chi connectivity index (χ0n) is 8.08. The molecular weight excluding hydrogens is 176 g/mol. The second-order valence-electron chi connectivity index (χ2n) is 3.51. The molecule has 2 N–H and O–H groups in total. The second kappa shape index (κ2) is 3.32. The van der Waals surface area contributed by atoms with Gasteiger partial charge < -0.3 is 10.5 Å². The van der Waals surface area contributed by atoms with Crippen molar-refractivity contribution in [3.63, 3.8) is 0 Å². The van der Waals surface area contributed by atoms with Gasteiger partial charge in [-0.3, -0.25) is 0 Å². The van der Waals surface area contributed by atoms with Crippen LogP contribution in [0, 0.1) is 11.3 Å². The van der Waals surface area contributed by atoms with Gasteiger partial charge in [0.2, 0.25) is 0 Å². The van der Waals surface area contributed by atoms with Crippen LogP contribution in [0.25, 0.3) is 0 Å². The molecule has 72 valence electrons. The van der Waals surface area contributed by atoms with Crippen molar-refractivity contribution >= 4 is 0 Å². The summed E-state index contributed by atoms with van der Waals surface area (Å²) in [5, 5.41) is 8.82. The fourth-order valence-electron chi connectivity index (χ4n) is 2.00. The van der Waals surface area contributed by atoms with Gasteiger partial charge in [-0.05, 0) is 30.5 Å². The van der Waals surface area contributed by atoms with E-state index in [2.05, 4.69) is 6.07 Å². The summed E-state index contributed by atoms with van der Waals surface area (Å²) >= 11 is 0. The Morgan fingerprint density at radius 2 is 2.36 bits per heavy atom. The Balaban J connectivity index is 2.60. The highest BCUT2D eigenvalue weighted by atomic mass is 16.5. The number of nitrogens with two attached hydrogens (primary N) is 1. The second-order valence-corrected chi connectivity index (χ2v) is 3.51. The third-order valence-electron chi connectivity index (χ3n) is 2.67. The van der Waals surface area contributed by atoms with Crippen LogP contribution in [-0.4, -0.2) is 7.11 Å². The summed E-state index contributed by atoms with van der Waals surface area (Å²) in [4.78, 5) is 0. The van der Waals surface area contributed by atoms with E-state index in [0.717, 1.165) is 29.7 Å². The van der Waals surface area contributed by atoms with Crippen molar-refractivity contribution in [2.45, 2.75) is 18.9 Å². The lowest BCUT2D eigenvalue weighted by atomic mass is 10.0. The lowest BCUT2D eigenvalue weighted by molar-refractivity contribution is 0.407. The normalized spacial score (nSPS) is 18.8. The molecule has 0 amide bonds. The molecule has 0 saturated heterocycles. The zero-order chi connectivity index (χ0) is 10.1. The van der Waals surface area contributed by atoms with E-state index in [1.807, 2.05) is 6.07 Å². The van der Waals surface area contributed by atoms with Gasteiger partial charge in [-0.1, -0.05) is 0 Å². The Hall–Kier alpha value is -1.53. The molecule has 0 aromatic heterocycles. The van der Waals surface area contributed by atoms with Gasteiger partial charge in [-0.2, -0.15) is 5.26 Å². The maximum Gasteiger partial charge on any atom is 0.125 e. The van der Waals surface area contributed by atoms with Gasteiger partial charge >= 0.3 is 0 Å². The van der Waals surface area contributed by atoms with Crippen LogP contribution in [0.5, 0.6) is 5.75 Å². The zero-order valence-corrected chi connectivity index (χ0v) is 8.08. The highest BCUT2D eigenvalue weighted by molar-refractivity contribution is 5.51. The van der Waals surface area contributed by atoms with E-state index in [1.54, 1.807) is 13.2 Å². The van der Waals surface area contributed by atoms with Crippen LogP contribution in [0.4, 0.5) is 0 Å². The molecule has 1 aromatic rings. The maximum atomic E-state index is 8.82. The quantitative estimate of drug-likeness (QED) is 0.726. The summed E-state index contributed by atoms with van der Waals surface area (Å²) in [5.41, 5.74) is 8.84. The van der Waals surface area contributed by atoms with E-state index in [-0.39, 0.29) is 6.04 Å². The summed E-state index contributed by atoms with van der Waals surface area (Å²) in [5.74, 6) is 0.754. The summed E-state index contributed by atoms with van der Waals surface area (Å²) < 4.78 is 5.24. The van der Waals surface area contributed by atoms with E-state index in [0.29, 0.717) is 5.56 Å². The van der Waals surface area contributed by atoms with Crippen LogP contribution in [0.2, 0.25) is 0 Å². The number of methoxy groups -OCH3 is 1. The van der Waals surface area contributed by atoms with Crippen molar-refractivity contribution in [3.05, 3.63) is 28.8 Å².